The predicted octanol–water partition coefficient (Wildman–Crippen LogP) is 4.65. The second-order valence-electron chi connectivity index (χ2n) is 6.24. The van der Waals surface area contributed by atoms with Gasteiger partial charge in [0.25, 0.3) is 0 Å². The molecule has 0 N–H and O–H groups in total. The minimum Gasteiger partial charge on any atom is -0.294 e. The van der Waals surface area contributed by atoms with Gasteiger partial charge in [-0.25, -0.2) is 0 Å². The second kappa shape index (κ2) is 5.26. The lowest BCUT2D eigenvalue weighted by Crippen LogP contribution is -2.25. The van der Waals surface area contributed by atoms with Crippen LogP contribution in [0.4, 0.5) is 0 Å². The summed E-state index contributed by atoms with van der Waals surface area (Å²) in [5.41, 5.74) is 2.41. The van der Waals surface area contributed by atoms with Gasteiger partial charge in [0.1, 0.15) is 0 Å². The molecule has 0 bridgehead atoms. The first-order chi connectivity index (χ1) is 8.54. The number of hydrogen-bond donors (Lipinski definition) is 0. The van der Waals surface area contributed by atoms with Crippen molar-refractivity contribution in [2.45, 2.75) is 52.9 Å². The molecule has 1 aliphatic carbocycles. The van der Waals surface area contributed by atoms with E-state index in [1.165, 1.54) is 18.4 Å². The van der Waals surface area contributed by atoms with Crippen LogP contribution in [-0.4, -0.2) is 5.78 Å². The normalized spacial score (nSPS) is 22.1. The van der Waals surface area contributed by atoms with Crippen LogP contribution >= 0.6 is 0 Å². The van der Waals surface area contributed by atoms with Crippen molar-refractivity contribution in [2.75, 3.05) is 0 Å². The molecule has 1 unspecified atom stereocenters. The maximum atomic E-state index is 12.5. The molecule has 1 fully saturated rings. The van der Waals surface area contributed by atoms with E-state index in [2.05, 4.69) is 32.9 Å². The summed E-state index contributed by atoms with van der Waals surface area (Å²) in [4.78, 5) is 12.5. The van der Waals surface area contributed by atoms with Crippen molar-refractivity contribution < 1.29 is 4.79 Å². The average Bonchev–Trinajstić information content (AvgIpc) is 2.69. The van der Waals surface area contributed by atoms with E-state index in [0.29, 0.717) is 5.78 Å². The molecule has 2 rings (SSSR count). The average molecular weight is 244 g/mol. The SMILES string of the molecule is CCCc1ccc(C(=O)C2CCCC2(C)C)cc1. The molecule has 0 heterocycles. The number of Topliss-reactive ketones (excluding diaryl/α,β-unsaturated/α-hetero) is 1. The number of hydrogen-bond acceptors (Lipinski definition) is 1. The summed E-state index contributed by atoms with van der Waals surface area (Å²) in [5.74, 6) is 0.565. The third kappa shape index (κ3) is 2.66. The Morgan fingerprint density at radius 2 is 1.94 bits per heavy atom. The highest BCUT2D eigenvalue weighted by Gasteiger charge is 2.39. The van der Waals surface area contributed by atoms with Gasteiger partial charge in [-0.2, -0.15) is 0 Å². The van der Waals surface area contributed by atoms with E-state index in [9.17, 15) is 4.79 Å². The Balaban J connectivity index is 2.14. The summed E-state index contributed by atoms with van der Waals surface area (Å²) < 4.78 is 0. The summed E-state index contributed by atoms with van der Waals surface area (Å²) in [6.07, 6.45) is 5.68. The van der Waals surface area contributed by atoms with E-state index in [1.807, 2.05) is 12.1 Å². The van der Waals surface area contributed by atoms with Gasteiger partial charge in [-0.1, -0.05) is 57.9 Å². The van der Waals surface area contributed by atoms with Gasteiger partial charge in [-0.05, 0) is 30.2 Å². The van der Waals surface area contributed by atoms with Crippen LogP contribution in [0.1, 0.15) is 62.4 Å². The highest BCUT2D eigenvalue weighted by atomic mass is 16.1. The number of carbonyl (C=O) groups excluding carboxylic acids is 1. The van der Waals surface area contributed by atoms with Crippen molar-refractivity contribution >= 4 is 5.78 Å². The fourth-order valence-electron chi connectivity index (χ4n) is 3.14. The van der Waals surface area contributed by atoms with Gasteiger partial charge < -0.3 is 0 Å². The molecule has 1 aromatic carbocycles. The quantitative estimate of drug-likeness (QED) is 0.705. The van der Waals surface area contributed by atoms with Crippen LogP contribution in [0.25, 0.3) is 0 Å². The van der Waals surface area contributed by atoms with Crippen LogP contribution in [0.15, 0.2) is 24.3 Å². The van der Waals surface area contributed by atoms with Gasteiger partial charge in [0.15, 0.2) is 5.78 Å². The molecule has 0 aromatic heterocycles. The van der Waals surface area contributed by atoms with Crippen LogP contribution in [0.5, 0.6) is 0 Å². The smallest absolute Gasteiger partial charge is 0.166 e. The first-order valence-electron chi connectivity index (χ1n) is 7.18. The van der Waals surface area contributed by atoms with Crippen LogP contribution < -0.4 is 0 Å². The topological polar surface area (TPSA) is 17.1 Å². The first kappa shape index (κ1) is 13.3. The van der Waals surface area contributed by atoms with Crippen LogP contribution in [0, 0.1) is 11.3 Å². The minimum atomic E-state index is 0.180. The van der Waals surface area contributed by atoms with Crippen molar-refractivity contribution in [1.29, 1.82) is 0 Å². The Labute approximate surface area is 111 Å². The fourth-order valence-corrected chi connectivity index (χ4v) is 3.14. The Hall–Kier alpha value is -1.11. The Morgan fingerprint density at radius 1 is 1.28 bits per heavy atom. The van der Waals surface area contributed by atoms with Gasteiger partial charge in [-0.3, -0.25) is 4.79 Å². The molecule has 18 heavy (non-hydrogen) atoms. The molecular weight excluding hydrogens is 220 g/mol. The number of carbonyl (C=O) groups is 1. The lowest BCUT2D eigenvalue weighted by atomic mass is 9.77. The molecule has 1 nitrogen and oxygen atoms in total. The zero-order chi connectivity index (χ0) is 13.2. The molecule has 0 radical (unpaired) electrons. The van der Waals surface area contributed by atoms with Crippen molar-refractivity contribution in [3.8, 4) is 0 Å². The van der Waals surface area contributed by atoms with E-state index in [4.69, 9.17) is 0 Å². The zero-order valence-corrected chi connectivity index (χ0v) is 11.8. The summed E-state index contributed by atoms with van der Waals surface area (Å²) in [5, 5.41) is 0. The highest BCUT2D eigenvalue weighted by Crippen LogP contribution is 2.44. The molecule has 1 aliphatic rings. The Morgan fingerprint density at radius 3 is 2.44 bits per heavy atom. The standard InChI is InChI=1S/C17H24O/c1-4-6-13-8-10-14(11-9-13)16(18)15-7-5-12-17(15,2)3/h8-11,15H,4-7,12H2,1-3H3. The number of ketones is 1. The summed E-state index contributed by atoms with van der Waals surface area (Å²) in [6.45, 7) is 6.64. The minimum absolute atomic E-state index is 0.180. The highest BCUT2D eigenvalue weighted by molar-refractivity contribution is 5.98. The number of rotatable bonds is 4. The molecule has 0 amide bonds. The zero-order valence-electron chi connectivity index (χ0n) is 11.8. The van der Waals surface area contributed by atoms with Crippen LogP contribution in [-0.2, 0) is 6.42 Å². The molecule has 1 atom stereocenters. The Bertz CT molecular complexity index is 414. The summed E-state index contributed by atoms with van der Waals surface area (Å²) in [6, 6.07) is 8.25. The van der Waals surface area contributed by atoms with E-state index >= 15 is 0 Å². The molecule has 1 saturated carbocycles. The van der Waals surface area contributed by atoms with E-state index < -0.39 is 0 Å². The van der Waals surface area contributed by atoms with Gasteiger partial charge in [0, 0.05) is 11.5 Å². The molecular formula is C17H24O. The lowest BCUT2D eigenvalue weighted by molar-refractivity contribution is 0.0839. The van der Waals surface area contributed by atoms with Gasteiger partial charge in [0.2, 0.25) is 0 Å². The van der Waals surface area contributed by atoms with Crippen molar-refractivity contribution in [3.05, 3.63) is 35.4 Å². The van der Waals surface area contributed by atoms with Crippen molar-refractivity contribution in [2.24, 2.45) is 11.3 Å². The first-order valence-corrected chi connectivity index (χ1v) is 7.18. The largest absolute Gasteiger partial charge is 0.294 e. The predicted molar refractivity (Wildman–Crippen MR) is 75.9 cm³/mol. The number of aryl methyl sites for hydroxylation is 1. The summed E-state index contributed by atoms with van der Waals surface area (Å²) >= 11 is 0. The Kier molecular flexibility index (Phi) is 3.89. The maximum Gasteiger partial charge on any atom is 0.166 e. The molecule has 1 aromatic rings. The van der Waals surface area contributed by atoms with Crippen molar-refractivity contribution in [1.82, 2.24) is 0 Å². The second-order valence-corrected chi connectivity index (χ2v) is 6.24. The molecule has 0 spiro atoms. The molecule has 1 heteroatoms. The molecule has 0 saturated heterocycles. The van der Waals surface area contributed by atoms with Gasteiger partial charge in [0.05, 0.1) is 0 Å². The summed E-state index contributed by atoms with van der Waals surface area (Å²) in [7, 11) is 0. The van der Waals surface area contributed by atoms with Crippen LogP contribution in [0.2, 0.25) is 0 Å². The van der Waals surface area contributed by atoms with E-state index in [1.54, 1.807) is 0 Å². The molecule has 0 aliphatic heterocycles. The third-order valence-electron chi connectivity index (χ3n) is 4.35. The fraction of sp³-hybridized carbons (Fsp3) is 0.588. The van der Waals surface area contributed by atoms with Gasteiger partial charge >= 0.3 is 0 Å². The number of benzene rings is 1. The molecule has 98 valence electrons. The third-order valence-corrected chi connectivity index (χ3v) is 4.35. The monoisotopic (exact) mass is 244 g/mol. The lowest BCUT2D eigenvalue weighted by Gasteiger charge is -2.25. The van der Waals surface area contributed by atoms with E-state index in [-0.39, 0.29) is 11.3 Å². The van der Waals surface area contributed by atoms with Crippen LogP contribution in [0.3, 0.4) is 0 Å². The maximum absolute atomic E-state index is 12.5. The van der Waals surface area contributed by atoms with Gasteiger partial charge in [-0.15, -0.1) is 0 Å². The van der Waals surface area contributed by atoms with Crippen molar-refractivity contribution in [3.63, 3.8) is 0 Å². The van der Waals surface area contributed by atoms with E-state index in [0.717, 1.165) is 24.8 Å².